The average Bonchev–Trinajstić information content (AvgIpc) is 2.83. The van der Waals surface area contributed by atoms with Crippen molar-refractivity contribution < 1.29 is 4.79 Å². The van der Waals surface area contributed by atoms with E-state index < -0.39 is 0 Å². The van der Waals surface area contributed by atoms with Crippen LogP contribution in [0.25, 0.3) is 0 Å². The molecular weight excluding hydrogens is 272 g/mol. The fourth-order valence-corrected chi connectivity index (χ4v) is 3.31. The van der Waals surface area contributed by atoms with Gasteiger partial charge in [0.25, 0.3) is 0 Å². The number of rotatable bonds is 2. The number of carbonyl (C=O) groups is 1. The molecule has 0 bridgehead atoms. The summed E-state index contributed by atoms with van der Waals surface area (Å²) in [6.45, 7) is 0. The molecule has 0 aromatic carbocycles. The highest BCUT2D eigenvalue weighted by molar-refractivity contribution is 8.00. The van der Waals surface area contributed by atoms with Crippen LogP contribution >= 0.6 is 23.4 Å². The van der Waals surface area contributed by atoms with Crippen molar-refractivity contribution in [1.82, 2.24) is 9.97 Å². The van der Waals surface area contributed by atoms with Gasteiger partial charge in [-0.15, -0.1) is 0 Å². The Morgan fingerprint density at radius 2 is 2.11 bits per heavy atom. The number of nitrogens with one attached hydrogen (secondary N) is 2. The lowest BCUT2D eigenvalue weighted by Crippen LogP contribution is -2.24. The van der Waals surface area contributed by atoms with Crippen LogP contribution in [0.15, 0.2) is 5.03 Å². The van der Waals surface area contributed by atoms with Gasteiger partial charge in [-0.3, -0.25) is 4.79 Å². The Morgan fingerprint density at radius 1 is 1.33 bits per heavy atom. The van der Waals surface area contributed by atoms with Crippen LogP contribution in [0.5, 0.6) is 0 Å². The molecule has 1 aromatic rings. The topological polar surface area (TPSA) is 66.9 Å². The van der Waals surface area contributed by atoms with Gasteiger partial charge in [0.15, 0.2) is 5.82 Å². The SMILES string of the molecule is O=C1CSc2nc(Cl)nc(NC3CCCC3)c2N1. The summed E-state index contributed by atoms with van der Waals surface area (Å²) in [5.74, 6) is 1.01. The molecule has 1 amide bonds. The Kier molecular flexibility index (Phi) is 3.30. The zero-order valence-electron chi connectivity index (χ0n) is 9.70. The molecule has 1 aliphatic carbocycles. The highest BCUT2D eigenvalue weighted by Crippen LogP contribution is 2.36. The van der Waals surface area contributed by atoms with E-state index in [-0.39, 0.29) is 11.2 Å². The number of hydrogen-bond donors (Lipinski definition) is 2. The molecule has 2 heterocycles. The van der Waals surface area contributed by atoms with E-state index in [4.69, 9.17) is 11.6 Å². The minimum atomic E-state index is -0.0205. The maximum Gasteiger partial charge on any atom is 0.234 e. The van der Waals surface area contributed by atoms with Gasteiger partial charge in [-0.25, -0.2) is 4.98 Å². The average molecular weight is 285 g/mol. The van der Waals surface area contributed by atoms with E-state index in [1.165, 1.54) is 24.6 Å². The monoisotopic (exact) mass is 284 g/mol. The van der Waals surface area contributed by atoms with Gasteiger partial charge in [0.1, 0.15) is 10.7 Å². The zero-order valence-corrected chi connectivity index (χ0v) is 11.3. The van der Waals surface area contributed by atoms with E-state index in [2.05, 4.69) is 20.6 Å². The number of fused-ring (bicyclic) bond motifs is 1. The van der Waals surface area contributed by atoms with Crippen LogP contribution in [0.4, 0.5) is 11.5 Å². The predicted molar refractivity (Wildman–Crippen MR) is 72.3 cm³/mol. The number of carbonyl (C=O) groups excluding carboxylic acids is 1. The van der Waals surface area contributed by atoms with E-state index in [0.717, 1.165) is 17.9 Å². The third-order valence-corrected chi connectivity index (χ3v) is 4.29. The van der Waals surface area contributed by atoms with E-state index in [1.807, 2.05) is 0 Å². The molecule has 7 heteroatoms. The highest BCUT2D eigenvalue weighted by Gasteiger charge is 2.24. The van der Waals surface area contributed by atoms with Crippen LogP contribution in [-0.2, 0) is 4.79 Å². The van der Waals surface area contributed by atoms with Crippen molar-refractivity contribution in [1.29, 1.82) is 0 Å². The van der Waals surface area contributed by atoms with Crippen molar-refractivity contribution >= 4 is 40.8 Å². The minimum Gasteiger partial charge on any atom is -0.365 e. The lowest BCUT2D eigenvalue weighted by molar-refractivity contribution is -0.113. The van der Waals surface area contributed by atoms with Gasteiger partial charge in [-0.05, 0) is 24.4 Å². The Balaban J connectivity index is 1.91. The predicted octanol–water partition coefficient (Wildman–Crippen LogP) is 2.53. The first-order valence-electron chi connectivity index (χ1n) is 5.99. The molecule has 18 heavy (non-hydrogen) atoms. The molecule has 0 unspecified atom stereocenters. The van der Waals surface area contributed by atoms with Gasteiger partial charge in [-0.2, -0.15) is 4.98 Å². The van der Waals surface area contributed by atoms with Gasteiger partial charge in [0, 0.05) is 6.04 Å². The molecule has 3 rings (SSSR count). The number of amides is 1. The van der Waals surface area contributed by atoms with Crippen molar-refractivity contribution in [2.24, 2.45) is 0 Å². The van der Waals surface area contributed by atoms with Crippen molar-refractivity contribution in [3.63, 3.8) is 0 Å². The van der Waals surface area contributed by atoms with Crippen LogP contribution in [0, 0.1) is 0 Å². The quantitative estimate of drug-likeness (QED) is 0.645. The molecule has 0 saturated heterocycles. The normalized spacial score (nSPS) is 19.5. The van der Waals surface area contributed by atoms with E-state index in [9.17, 15) is 4.79 Å². The molecule has 1 aromatic heterocycles. The standard InChI is InChI=1S/C11H13ClN4OS/c12-11-15-9(13-6-3-1-2-4-6)8-10(16-11)18-5-7(17)14-8/h6H,1-5H2,(H,14,17)(H,13,15,16). The van der Waals surface area contributed by atoms with Gasteiger partial charge in [-0.1, -0.05) is 24.6 Å². The molecule has 96 valence electrons. The van der Waals surface area contributed by atoms with Gasteiger partial charge < -0.3 is 10.6 Å². The Labute approximate surface area is 114 Å². The fraction of sp³-hybridized carbons (Fsp3) is 0.545. The van der Waals surface area contributed by atoms with Gasteiger partial charge in [0.2, 0.25) is 11.2 Å². The van der Waals surface area contributed by atoms with Crippen LogP contribution in [0.3, 0.4) is 0 Å². The molecule has 1 fully saturated rings. The first-order chi connectivity index (χ1) is 8.72. The number of aromatic nitrogens is 2. The fourth-order valence-electron chi connectivity index (χ4n) is 2.31. The summed E-state index contributed by atoms with van der Waals surface area (Å²) in [5.41, 5.74) is 0.674. The van der Waals surface area contributed by atoms with E-state index in [0.29, 0.717) is 23.3 Å². The second kappa shape index (κ2) is 4.93. The summed E-state index contributed by atoms with van der Waals surface area (Å²) < 4.78 is 0. The first-order valence-corrected chi connectivity index (χ1v) is 7.35. The zero-order chi connectivity index (χ0) is 12.5. The molecule has 0 radical (unpaired) electrons. The summed E-state index contributed by atoms with van der Waals surface area (Å²) in [4.78, 5) is 19.8. The van der Waals surface area contributed by atoms with Crippen LogP contribution in [0.1, 0.15) is 25.7 Å². The van der Waals surface area contributed by atoms with Crippen LogP contribution < -0.4 is 10.6 Å². The summed E-state index contributed by atoms with van der Waals surface area (Å²) >= 11 is 7.31. The minimum absolute atomic E-state index is 0.0205. The highest BCUT2D eigenvalue weighted by atomic mass is 35.5. The molecule has 2 aliphatic rings. The number of hydrogen-bond acceptors (Lipinski definition) is 5. The largest absolute Gasteiger partial charge is 0.365 e. The van der Waals surface area contributed by atoms with Crippen molar-refractivity contribution in [2.75, 3.05) is 16.4 Å². The third-order valence-electron chi connectivity index (χ3n) is 3.15. The Hall–Kier alpha value is -1.01. The lowest BCUT2D eigenvalue weighted by Gasteiger charge is -2.21. The molecule has 5 nitrogen and oxygen atoms in total. The third kappa shape index (κ3) is 2.40. The van der Waals surface area contributed by atoms with Gasteiger partial charge in [0.05, 0.1) is 5.75 Å². The summed E-state index contributed by atoms with van der Waals surface area (Å²) in [7, 11) is 0. The van der Waals surface area contributed by atoms with E-state index in [1.54, 1.807) is 0 Å². The molecule has 1 aliphatic heterocycles. The van der Waals surface area contributed by atoms with Crippen molar-refractivity contribution in [2.45, 2.75) is 36.8 Å². The smallest absolute Gasteiger partial charge is 0.234 e. The van der Waals surface area contributed by atoms with Crippen molar-refractivity contribution in [3.8, 4) is 0 Å². The van der Waals surface area contributed by atoms with Gasteiger partial charge >= 0.3 is 0 Å². The molecular formula is C11H13ClN4OS. The Bertz CT molecular complexity index is 490. The van der Waals surface area contributed by atoms with Crippen LogP contribution in [-0.4, -0.2) is 27.7 Å². The Morgan fingerprint density at radius 3 is 2.89 bits per heavy atom. The summed E-state index contributed by atoms with van der Waals surface area (Å²) in [5, 5.41) is 7.16. The second-order valence-electron chi connectivity index (χ2n) is 4.48. The number of nitrogens with zero attached hydrogens (tertiary/aromatic N) is 2. The van der Waals surface area contributed by atoms with Crippen molar-refractivity contribution in [3.05, 3.63) is 5.28 Å². The molecule has 0 atom stereocenters. The summed E-state index contributed by atoms with van der Waals surface area (Å²) in [6, 6.07) is 0.420. The van der Waals surface area contributed by atoms with Crippen LogP contribution in [0.2, 0.25) is 5.28 Å². The first kappa shape index (κ1) is 12.0. The number of halogens is 1. The lowest BCUT2D eigenvalue weighted by atomic mass is 10.2. The summed E-state index contributed by atoms with van der Waals surface area (Å²) in [6.07, 6.45) is 4.74. The second-order valence-corrected chi connectivity index (χ2v) is 5.79. The molecule has 0 spiro atoms. The maximum absolute atomic E-state index is 11.5. The number of thioether (sulfide) groups is 1. The number of anilines is 2. The molecule has 2 N–H and O–H groups in total. The maximum atomic E-state index is 11.5. The van der Waals surface area contributed by atoms with E-state index >= 15 is 0 Å². The molecule has 1 saturated carbocycles.